The van der Waals surface area contributed by atoms with Crippen LogP contribution >= 0.6 is 0 Å². The van der Waals surface area contributed by atoms with Crippen LogP contribution in [0.25, 0.3) is 0 Å². The van der Waals surface area contributed by atoms with Crippen molar-refractivity contribution in [1.82, 2.24) is 0 Å². The molecule has 300 valence electrons. The van der Waals surface area contributed by atoms with Gasteiger partial charge in [-0.15, -0.1) is 0 Å². The maximum atomic E-state index is 7.03. The average Bonchev–Trinajstić information content (AvgIpc) is 3.74. The Labute approximate surface area is 351 Å². The van der Waals surface area contributed by atoms with Crippen molar-refractivity contribution in [3.8, 4) is 11.5 Å². The summed E-state index contributed by atoms with van der Waals surface area (Å²) in [5.74, 6) is 1.80. The third-order valence-electron chi connectivity index (χ3n) is 14.5. The van der Waals surface area contributed by atoms with Crippen molar-refractivity contribution in [2.24, 2.45) is 0 Å². The highest BCUT2D eigenvalue weighted by Crippen LogP contribution is 2.59. The second-order valence-corrected chi connectivity index (χ2v) is 20.3. The van der Waals surface area contributed by atoms with E-state index in [1.54, 1.807) is 0 Å². The maximum absolute atomic E-state index is 7.03. The lowest BCUT2D eigenvalue weighted by molar-refractivity contribution is 0.260. The second-order valence-electron chi connectivity index (χ2n) is 20.3. The van der Waals surface area contributed by atoms with E-state index in [-0.39, 0.29) is 28.1 Å². The Hall–Kier alpha value is -5.68. The fourth-order valence-electron chi connectivity index (χ4n) is 10.7. The van der Waals surface area contributed by atoms with E-state index < -0.39 is 5.41 Å². The molecule has 59 heavy (non-hydrogen) atoms. The molecule has 4 aliphatic heterocycles. The van der Waals surface area contributed by atoms with Crippen molar-refractivity contribution in [2.75, 3.05) is 26.3 Å². The van der Waals surface area contributed by atoms with Gasteiger partial charge in [-0.25, -0.2) is 0 Å². The molecule has 0 saturated carbocycles. The molecular formula is C54H58N4O. The molecule has 8 bridgehead atoms. The molecule has 5 heteroatoms. The normalized spacial score (nSPS) is 19.3. The van der Waals surface area contributed by atoms with Crippen LogP contribution in [-0.4, -0.2) is 23.9 Å². The van der Waals surface area contributed by atoms with Crippen LogP contribution < -0.4 is 24.3 Å². The number of hydrogen-bond acceptors (Lipinski definition) is 5. The van der Waals surface area contributed by atoms with Gasteiger partial charge in [0.15, 0.2) is 0 Å². The lowest BCUT2D eigenvalue weighted by atomic mass is 9.62. The van der Waals surface area contributed by atoms with Crippen molar-refractivity contribution in [3.63, 3.8) is 0 Å². The summed E-state index contributed by atoms with van der Waals surface area (Å²) in [4.78, 5) is 10.4. The second kappa shape index (κ2) is 12.4. The molecule has 0 aromatic heterocycles. The molecule has 4 heterocycles. The number of para-hydroxylation sites is 4. The van der Waals surface area contributed by atoms with E-state index in [2.05, 4.69) is 229 Å². The minimum Gasteiger partial charge on any atom is -0.457 e. The highest BCUT2D eigenvalue weighted by Gasteiger charge is 2.54. The Balaban J connectivity index is 1.37. The molecule has 6 aromatic rings. The Morgan fingerprint density at radius 2 is 1.03 bits per heavy atom. The van der Waals surface area contributed by atoms with E-state index in [0.29, 0.717) is 0 Å². The Morgan fingerprint density at radius 3 is 1.61 bits per heavy atom. The SMILES string of the molecule is CC1N2c3cccc(c3)C3(c4cccc(c4)N4CN(c5ccccc54)C(C)(C)C(C)(C)N1c1ccccc12)c1cc(C(C)(C)C)ccc1Oc1ccc(C(C)(C)C)cc13. The van der Waals surface area contributed by atoms with Crippen molar-refractivity contribution >= 4 is 34.1 Å². The molecule has 0 N–H and O–H groups in total. The molecule has 6 aromatic carbocycles. The van der Waals surface area contributed by atoms with E-state index in [9.17, 15) is 0 Å². The summed E-state index contributed by atoms with van der Waals surface area (Å²) in [5.41, 5.74) is 13.2. The Morgan fingerprint density at radius 1 is 0.525 bits per heavy atom. The highest BCUT2D eigenvalue weighted by molar-refractivity contribution is 5.88. The lowest BCUT2D eigenvalue weighted by Gasteiger charge is -2.55. The largest absolute Gasteiger partial charge is 0.457 e. The molecule has 0 fully saturated rings. The number of benzene rings is 6. The van der Waals surface area contributed by atoms with Crippen LogP contribution in [0.4, 0.5) is 34.1 Å². The first kappa shape index (κ1) is 37.6. The molecule has 5 nitrogen and oxygen atoms in total. The first-order valence-electron chi connectivity index (χ1n) is 21.4. The zero-order valence-electron chi connectivity index (χ0n) is 36.7. The summed E-state index contributed by atoms with van der Waals surface area (Å²) in [6, 6.07) is 50.7. The predicted molar refractivity (Wildman–Crippen MR) is 247 cm³/mol. The monoisotopic (exact) mass is 778 g/mol. The van der Waals surface area contributed by atoms with Gasteiger partial charge in [0.25, 0.3) is 0 Å². The molecule has 0 amide bonds. The van der Waals surface area contributed by atoms with Gasteiger partial charge in [0.05, 0.1) is 45.9 Å². The van der Waals surface area contributed by atoms with Gasteiger partial charge in [-0.2, -0.15) is 0 Å². The quantitative estimate of drug-likeness (QED) is 0.152. The molecule has 0 aliphatic carbocycles. The third-order valence-corrected chi connectivity index (χ3v) is 14.5. The zero-order valence-corrected chi connectivity index (χ0v) is 36.7. The molecule has 10 rings (SSSR count). The predicted octanol–water partition coefficient (Wildman–Crippen LogP) is 13.6. The van der Waals surface area contributed by atoms with Crippen LogP contribution in [0.1, 0.15) is 110 Å². The fraction of sp³-hybridized carbons (Fsp3) is 0.333. The molecular weight excluding hydrogens is 721 g/mol. The number of ether oxygens (including phenoxy) is 1. The molecule has 4 aliphatic rings. The van der Waals surface area contributed by atoms with Crippen LogP contribution in [0, 0.1) is 0 Å². The number of fused-ring (bicyclic) bond motifs is 22. The number of nitrogens with zero attached hydrogens (tertiary/aromatic N) is 4. The highest BCUT2D eigenvalue weighted by atomic mass is 16.5. The summed E-state index contributed by atoms with van der Waals surface area (Å²) >= 11 is 0. The minimum atomic E-state index is -0.725. The van der Waals surface area contributed by atoms with Crippen LogP contribution in [0.2, 0.25) is 0 Å². The van der Waals surface area contributed by atoms with Gasteiger partial charge in [-0.3, -0.25) is 0 Å². The Kier molecular flexibility index (Phi) is 7.91. The third kappa shape index (κ3) is 5.22. The average molecular weight is 779 g/mol. The van der Waals surface area contributed by atoms with E-state index >= 15 is 0 Å². The summed E-state index contributed by atoms with van der Waals surface area (Å²) in [5, 5.41) is 0. The lowest BCUT2D eigenvalue weighted by Crippen LogP contribution is -2.68. The van der Waals surface area contributed by atoms with E-state index in [1.165, 1.54) is 67.5 Å². The number of anilines is 6. The first-order chi connectivity index (χ1) is 27.9. The van der Waals surface area contributed by atoms with Gasteiger partial charge in [0.2, 0.25) is 0 Å². The molecule has 1 spiro atoms. The van der Waals surface area contributed by atoms with E-state index in [4.69, 9.17) is 4.74 Å². The Bertz CT molecular complexity index is 2600. The number of hydrogen-bond donors (Lipinski definition) is 0. The molecule has 0 radical (unpaired) electrons. The zero-order chi connectivity index (χ0) is 41.4. The van der Waals surface area contributed by atoms with Gasteiger partial charge in [0, 0.05) is 22.5 Å². The van der Waals surface area contributed by atoms with E-state index in [1.807, 2.05) is 0 Å². The van der Waals surface area contributed by atoms with Crippen molar-refractivity contribution < 1.29 is 4.74 Å². The van der Waals surface area contributed by atoms with Crippen LogP contribution in [0.15, 0.2) is 133 Å². The summed E-state index contributed by atoms with van der Waals surface area (Å²) in [6.45, 7) is 26.7. The van der Waals surface area contributed by atoms with Crippen LogP contribution in [0.3, 0.4) is 0 Å². The molecule has 0 saturated heterocycles. The van der Waals surface area contributed by atoms with Crippen molar-refractivity contribution in [3.05, 3.63) is 167 Å². The minimum absolute atomic E-state index is 0.0299. The molecule has 1 atom stereocenters. The van der Waals surface area contributed by atoms with Gasteiger partial charge < -0.3 is 24.3 Å². The molecule has 1 unspecified atom stereocenters. The topological polar surface area (TPSA) is 22.2 Å². The summed E-state index contributed by atoms with van der Waals surface area (Å²) in [6.07, 6.45) is 0.0299. The standard InChI is InChI=1S/C54H58N4O/c1-35-57-41-21-17-19-39(31-41)54(42-32-36(50(2,3)4)26-28-48(42)59-49-29-27-37(33-43(49)54)51(5,6)7)38-18-16-20-40(30-38)55-34-56(45-23-13-12-22-44(45)55)52(8,9)53(10,11)58(35)47-25-15-14-24-46(47)57/h12-33,35H,34H2,1-11H3. The fourth-order valence-corrected chi connectivity index (χ4v) is 10.7. The smallest absolute Gasteiger partial charge is 0.132 e. The number of rotatable bonds is 0. The van der Waals surface area contributed by atoms with Gasteiger partial charge in [-0.05, 0) is 140 Å². The maximum Gasteiger partial charge on any atom is 0.132 e. The van der Waals surface area contributed by atoms with Crippen molar-refractivity contribution in [1.29, 1.82) is 0 Å². The van der Waals surface area contributed by atoms with E-state index in [0.717, 1.165) is 18.2 Å². The van der Waals surface area contributed by atoms with Gasteiger partial charge in [-0.1, -0.05) is 102 Å². The summed E-state index contributed by atoms with van der Waals surface area (Å²) in [7, 11) is 0. The van der Waals surface area contributed by atoms with Crippen LogP contribution in [0.5, 0.6) is 11.5 Å². The van der Waals surface area contributed by atoms with Crippen LogP contribution in [-0.2, 0) is 16.2 Å². The van der Waals surface area contributed by atoms with Gasteiger partial charge in [0.1, 0.15) is 17.7 Å². The van der Waals surface area contributed by atoms with Gasteiger partial charge >= 0.3 is 0 Å². The first-order valence-corrected chi connectivity index (χ1v) is 21.4. The summed E-state index contributed by atoms with van der Waals surface area (Å²) < 4.78 is 7.03. The van der Waals surface area contributed by atoms with Crippen molar-refractivity contribution in [2.45, 2.75) is 110 Å².